The van der Waals surface area contributed by atoms with Crippen LogP contribution in [-0.2, 0) is 17.8 Å². The third kappa shape index (κ3) is 8.86. The van der Waals surface area contributed by atoms with Crippen LogP contribution in [0, 0.1) is 0 Å². The van der Waals surface area contributed by atoms with E-state index in [1.54, 1.807) is 47.4 Å². The molecular formula is C23H29ClN2O4. The van der Waals surface area contributed by atoms with Crippen molar-refractivity contribution in [3.05, 3.63) is 71.3 Å². The van der Waals surface area contributed by atoms with Gasteiger partial charge in [-0.25, -0.2) is 0 Å². The number of carboxylic acid groups (broad SMARTS) is 1. The highest BCUT2D eigenvalue weighted by Crippen LogP contribution is 2.26. The van der Waals surface area contributed by atoms with E-state index in [2.05, 4.69) is 18.9 Å². The number of nitrogens with one attached hydrogen (secondary N) is 2. The van der Waals surface area contributed by atoms with E-state index in [0.717, 1.165) is 5.56 Å². The van der Waals surface area contributed by atoms with Crippen molar-refractivity contribution >= 4 is 17.6 Å². The van der Waals surface area contributed by atoms with Gasteiger partial charge in [0.15, 0.2) is 0 Å². The van der Waals surface area contributed by atoms with Gasteiger partial charge in [0.05, 0.1) is 25.2 Å². The molecule has 1 aliphatic heterocycles. The molecule has 7 heteroatoms. The molecule has 0 atom stereocenters. The zero-order chi connectivity index (χ0) is 21.8. The molecule has 1 saturated heterocycles. The minimum absolute atomic E-state index is 0.109. The third-order valence-corrected chi connectivity index (χ3v) is 4.78. The summed E-state index contributed by atoms with van der Waals surface area (Å²) in [6.07, 6.45) is 1.54. The average molecular weight is 433 g/mol. The second kappa shape index (κ2) is 12.9. The number of carbonyl (C=O) groups excluding carboxylic acids is 1. The quantitative estimate of drug-likeness (QED) is 0.606. The molecule has 1 fully saturated rings. The summed E-state index contributed by atoms with van der Waals surface area (Å²) >= 11 is 6.14. The topological polar surface area (TPSA) is 75.1 Å². The van der Waals surface area contributed by atoms with Gasteiger partial charge in [0, 0.05) is 25.5 Å². The number of rotatable bonds is 8. The first-order valence-electron chi connectivity index (χ1n) is 9.93. The first kappa shape index (κ1) is 23.7. The van der Waals surface area contributed by atoms with Crippen LogP contribution in [0.1, 0.15) is 11.1 Å². The van der Waals surface area contributed by atoms with Crippen LogP contribution >= 0.6 is 11.6 Å². The van der Waals surface area contributed by atoms with Crippen LogP contribution in [0.15, 0.2) is 55.1 Å². The Morgan fingerprint density at radius 3 is 2.37 bits per heavy atom. The number of hydrogen-bond donors (Lipinski definition) is 2. The smallest absolute Gasteiger partial charge is 0.138 e. The molecule has 3 rings (SSSR count). The maximum atomic E-state index is 10.5. The van der Waals surface area contributed by atoms with Crippen molar-refractivity contribution < 1.29 is 24.3 Å². The van der Waals surface area contributed by atoms with Crippen LogP contribution in [-0.4, -0.2) is 45.8 Å². The van der Waals surface area contributed by atoms with Gasteiger partial charge in [-0.05, 0) is 35.4 Å². The van der Waals surface area contributed by atoms with Crippen LogP contribution in [0.25, 0.3) is 0 Å². The predicted octanol–water partition coefficient (Wildman–Crippen LogP) is 0.881. The first-order chi connectivity index (χ1) is 14.5. The minimum atomic E-state index is -1.10. The van der Waals surface area contributed by atoms with E-state index < -0.39 is 5.97 Å². The number of benzene rings is 2. The predicted molar refractivity (Wildman–Crippen MR) is 116 cm³/mol. The molecule has 1 heterocycles. The fraction of sp³-hybridized carbons (Fsp3) is 0.348. The molecule has 2 aromatic carbocycles. The van der Waals surface area contributed by atoms with Crippen molar-refractivity contribution in [1.82, 2.24) is 5.32 Å². The fourth-order valence-electron chi connectivity index (χ4n) is 2.79. The molecule has 0 bridgehead atoms. The number of ether oxygens (including phenoxy) is 2. The highest BCUT2D eigenvalue weighted by atomic mass is 35.5. The Hall–Kier alpha value is -2.54. The fourth-order valence-corrected chi connectivity index (χ4v) is 3.05. The van der Waals surface area contributed by atoms with Crippen molar-refractivity contribution in [3.8, 4) is 11.5 Å². The number of likely N-dealkylation sites (N-methyl/N-ethyl adjacent to an activating group) is 1. The molecule has 0 radical (unpaired) electrons. The molecule has 0 unspecified atom stereocenters. The van der Waals surface area contributed by atoms with Gasteiger partial charge in [0.25, 0.3) is 0 Å². The summed E-state index contributed by atoms with van der Waals surface area (Å²) in [7, 11) is 2.24. The summed E-state index contributed by atoms with van der Waals surface area (Å²) in [6.45, 7) is 9.31. The molecule has 2 aromatic rings. The normalized spacial score (nSPS) is 13.7. The summed E-state index contributed by atoms with van der Waals surface area (Å²) in [5, 5.41) is 14.3. The number of quaternary nitrogens is 1. The van der Waals surface area contributed by atoms with Gasteiger partial charge in [-0.1, -0.05) is 42.5 Å². The Kier molecular flexibility index (Phi) is 10.2. The Bertz CT molecular complexity index is 805. The van der Waals surface area contributed by atoms with Gasteiger partial charge < -0.3 is 29.6 Å². The highest BCUT2D eigenvalue weighted by Gasteiger charge is 2.05. The standard InChI is InChI=1S/C18H17ClO4.C5H12N2/c1-2-9-22-17-8-5-14(10-16(17)19)12-23-15-6-3-13(4-7-15)11-18(20)21;1-7-4-2-6-3-5-7/h2-8,10H,1,9,11-12H2,(H,20,21);6H,2-5H2,1H3. The molecule has 2 N–H and O–H groups in total. The van der Waals surface area contributed by atoms with Crippen LogP contribution in [0.5, 0.6) is 11.5 Å². The number of piperazine rings is 1. The molecule has 162 valence electrons. The SMILES string of the molecule is C=CCOc1ccc(COc2ccc(CC(=O)[O-])cc2)cc1Cl.C[NH+]1CCNCC1. The summed E-state index contributed by atoms with van der Waals surface area (Å²) in [5.74, 6) is 0.143. The van der Waals surface area contributed by atoms with Gasteiger partial charge in [-0.3, -0.25) is 0 Å². The van der Waals surface area contributed by atoms with E-state index >= 15 is 0 Å². The summed E-state index contributed by atoms with van der Waals surface area (Å²) in [6, 6.07) is 12.3. The second-order valence-electron chi connectivity index (χ2n) is 7.05. The van der Waals surface area contributed by atoms with E-state index in [1.165, 1.54) is 26.2 Å². The first-order valence-corrected chi connectivity index (χ1v) is 10.3. The summed E-state index contributed by atoms with van der Waals surface area (Å²) in [4.78, 5) is 12.2. The zero-order valence-electron chi connectivity index (χ0n) is 17.3. The molecule has 0 saturated carbocycles. The molecular weight excluding hydrogens is 404 g/mol. The third-order valence-electron chi connectivity index (χ3n) is 4.49. The monoisotopic (exact) mass is 432 g/mol. The minimum Gasteiger partial charge on any atom is -0.550 e. The molecule has 0 spiro atoms. The van der Waals surface area contributed by atoms with E-state index in [1.807, 2.05) is 6.07 Å². The number of carbonyl (C=O) groups is 1. The summed E-state index contributed by atoms with van der Waals surface area (Å²) < 4.78 is 11.1. The molecule has 0 aliphatic carbocycles. The number of hydrogen-bond acceptors (Lipinski definition) is 5. The van der Waals surface area contributed by atoms with E-state index in [0.29, 0.717) is 35.3 Å². The van der Waals surface area contributed by atoms with Crippen molar-refractivity contribution in [3.63, 3.8) is 0 Å². The van der Waals surface area contributed by atoms with Crippen LogP contribution in [0.2, 0.25) is 5.02 Å². The van der Waals surface area contributed by atoms with Gasteiger partial charge >= 0.3 is 0 Å². The summed E-state index contributed by atoms with van der Waals surface area (Å²) in [5.41, 5.74) is 1.57. The maximum absolute atomic E-state index is 10.5. The number of carboxylic acids is 1. The maximum Gasteiger partial charge on any atom is 0.138 e. The lowest BCUT2D eigenvalue weighted by Gasteiger charge is -2.19. The van der Waals surface area contributed by atoms with Crippen molar-refractivity contribution in [2.75, 3.05) is 39.8 Å². The average Bonchev–Trinajstić information content (AvgIpc) is 2.73. The molecule has 30 heavy (non-hydrogen) atoms. The zero-order valence-corrected chi connectivity index (χ0v) is 18.0. The van der Waals surface area contributed by atoms with Crippen LogP contribution in [0.4, 0.5) is 0 Å². The van der Waals surface area contributed by atoms with E-state index in [9.17, 15) is 9.90 Å². The van der Waals surface area contributed by atoms with Crippen LogP contribution in [0.3, 0.4) is 0 Å². The lowest BCUT2D eigenvalue weighted by molar-refractivity contribution is -0.881. The van der Waals surface area contributed by atoms with Crippen molar-refractivity contribution in [2.45, 2.75) is 13.0 Å². The lowest BCUT2D eigenvalue weighted by Crippen LogP contribution is -3.12. The van der Waals surface area contributed by atoms with Crippen LogP contribution < -0.4 is 24.8 Å². The lowest BCUT2D eigenvalue weighted by atomic mass is 10.1. The van der Waals surface area contributed by atoms with Gasteiger partial charge in [0.2, 0.25) is 0 Å². The van der Waals surface area contributed by atoms with Crippen molar-refractivity contribution in [1.29, 1.82) is 0 Å². The van der Waals surface area contributed by atoms with Gasteiger partial charge in [0.1, 0.15) is 24.7 Å². The van der Waals surface area contributed by atoms with E-state index in [4.69, 9.17) is 21.1 Å². The van der Waals surface area contributed by atoms with Gasteiger partial charge in [-0.15, -0.1) is 0 Å². The van der Waals surface area contributed by atoms with Crippen molar-refractivity contribution in [2.24, 2.45) is 0 Å². The Morgan fingerprint density at radius 2 is 1.83 bits per heavy atom. The Morgan fingerprint density at radius 1 is 1.17 bits per heavy atom. The van der Waals surface area contributed by atoms with E-state index in [-0.39, 0.29) is 6.42 Å². The second-order valence-corrected chi connectivity index (χ2v) is 7.46. The number of halogens is 1. The Balaban J connectivity index is 0.000000386. The largest absolute Gasteiger partial charge is 0.550 e. The molecule has 1 aliphatic rings. The molecule has 6 nitrogen and oxygen atoms in total. The Labute approximate surface area is 183 Å². The number of aliphatic carboxylic acids is 1. The van der Waals surface area contributed by atoms with Gasteiger partial charge in [-0.2, -0.15) is 0 Å². The highest BCUT2D eigenvalue weighted by molar-refractivity contribution is 6.32. The molecule has 0 amide bonds. The molecule has 0 aromatic heterocycles.